The van der Waals surface area contributed by atoms with Gasteiger partial charge in [-0.05, 0) is 0 Å². The molecule has 4 nitrogen and oxygen atoms in total. The van der Waals surface area contributed by atoms with Gasteiger partial charge in [0, 0.05) is 25.4 Å². The van der Waals surface area contributed by atoms with Gasteiger partial charge in [-0.15, -0.1) is 0 Å². The minimum atomic E-state index is -0.323. The zero-order valence-electron chi connectivity index (χ0n) is 7.25. The van der Waals surface area contributed by atoms with Crippen molar-refractivity contribution in [2.75, 3.05) is 19.6 Å². The van der Waals surface area contributed by atoms with Crippen molar-refractivity contribution >= 4 is 11.7 Å². The third kappa shape index (κ3) is 2.30. The van der Waals surface area contributed by atoms with Crippen LogP contribution in [0.25, 0.3) is 0 Å². The highest BCUT2D eigenvalue weighted by Crippen LogP contribution is 2.11. The van der Waals surface area contributed by atoms with E-state index in [1.807, 2.05) is 11.8 Å². The van der Waals surface area contributed by atoms with E-state index < -0.39 is 0 Å². The molecular formula is C8H14N2O2. The van der Waals surface area contributed by atoms with Crippen LogP contribution in [0.15, 0.2) is 0 Å². The molecule has 1 amide bonds. The smallest absolute Gasteiger partial charge is 0.231 e. The van der Waals surface area contributed by atoms with Crippen LogP contribution in [0, 0.1) is 5.92 Å². The number of likely N-dealkylation sites (tertiary alicyclic amines) is 1. The highest BCUT2D eigenvalue weighted by atomic mass is 16.1. The van der Waals surface area contributed by atoms with Crippen LogP contribution in [-0.4, -0.2) is 36.2 Å². The largest absolute Gasteiger partial charge is 0.369 e. The molecule has 68 valence electrons. The van der Waals surface area contributed by atoms with Gasteiger partial charge in [-0.1, -0.05) is 6.92 Å². The van der Waals surface area contributed by atoms with Gasteiger partial charge in [0.1, 0.15) is 5.78 Å². The van der Waals surface area contributed by atoms with Crippen molar-refractivity contribution in [3.8, 4) is 0 Å². The standard InChI is InChI=1S/C8H14N2O2/c1-6-4-10(5-8(9)12)3-2-7(6)11/h6H,2-5H2,1H3,(H2,9,12). The summed E-state index contributed by atoms with van der Waals surface area (Å²) in [5.74, 6) is 0.0189. The molecule has 0 aromatic carbocycles. The summed E-state index contributed by atoms with van der Waals surface area (Å²) >= 11 is 0. The van der Waals surface area contributed by atoms with Gasteiger partial charge < -0.3 is 5.73 Å². The van der Waals surface area contributed by atoms with Gasteiger partial charge in [-0.2, -0.15) is 0 Å². The molecule has 0 aromatic rings. The number of primary amides is 1. The SMILES string of the molecule is CC1CN(CC(N)=O)CCC1=O. The summed E-state index contributed by atoms with van der Waals surface area (Å²) in [6.07, 6.45) is 0.550. The molecular weight excluding hydrogens is 156 g/mol. The van der Waals surface area contributed by atoms with Crippen LogP contribution in [0.4, 0.5) is 0 Å². The fourth-order valence-electron chi connectivity index (χ4n) is 1.46. The van der Waals surface area contributed by atoms with Gasteiger partial charge in [0.05, 0.1) is 6.54 Å². The number of carbonyl (C=O) groups is 2. The first-order chi connectivity index (χ1) is 5.59. The first kappa shape index (κ1) is 9.19. The Bertz CT molecular complexity index is 203. The molecule has 1 unspecified atom stereocenters. The first-order valence-electron chi connectivity index (χ1n) is 4.13. The van der Waals surface area contributed by atoms with Crippen molar-refractivity contribution < 1.29 is 9.59 Å². The van der Waals surface area contributed by atoms with Gasteiger partial charge in [0.15, 0.2) is 0 Å². The van der Waals surface area contributed by atoms with Crippen LogP contribution in [0.1, 0.15) is 13.3 Å². The molecule has 0 aliphatic carbocycles. The van der Waals surface area contributed by atoms with E-state index in [0.717, 1.165) is 0 Å². The topological polar surface area (TPSA) is 63.4 Å². The molecule has 4 heteroatoms. The maximum Gasteiger partial charge on any atom is 0.231 e. The highest BCUT2D eigenvalue weighted by Gasteiger charge is 2.23. The summed E-state index contributed by atoms with van der Waals surface area (Å²) in [5.41, 5.74) is 5.04. The lowest BCUT2D eigenvalue weighted by atomic mass is 9.99. The predicted octanol–water partition coefficient (Wildman–Crippen LogP) is -0.617. The second kappa shape index (κ2) is 3.67. The lowest BCUT2D eigenvalue weighted by Crippen LogP contribution is -2.43. The first-order valence-corrected chi connectivity index (χ1v) is 4.13. The number of nitrogens with zero attached hydrogens (tertiary/aromatic N) is 1. The Balaban J connectivity index is 2.40. The number of hydrogen-bond donors (Lipinski definition) is 1. The summed E-state index contributed by atoms with van der Waals surface area (Å²) < 4.78 is 0. The number of Topliss-reactive ketones (excluding diaryl/α,β-unsaturated/α-hetero) is 1. The van der Waals surface area contributed by atoms with E-state index in [0.29, 0.717) is 19.5 Å². The van der Waals surface area contributed by atoms with Gasteiger partial charge in [-0.3, -0.25) is 14.5 Å². The molecule has 2 N–H and O–H groups in total. The van der Waals surface area contributed by atoms with Crippen molar-refractivity contribution in [2.45, 2.75) is 13.3 Å². The van der Waals surface area contributed by atoms with Crippen molar-refractivity contribution in [2.24, 2.45) is 11.7 Å². The van der Waals surface area contributed by atoms with Crippen LogP contribution >= 0.6 is 0 Å². The molecule has 12 heavy (non-hydrogen) atoms. The van der Waals surface area contributed by atoms with Gasteiger partial charge in [-0.25, -0.2) is 0 Å². The normalized spacial score (nSPS) is 25.8. The third-order valence-electron chi connectivity index (χ3n) is 2.14. The van der Waals surface area contributed by atoms with E-state index in [2.05, 4.69) is 0 Å². The highest BCUT2D eigenvalue weighted by molar-refractivity contribution is 5.82. The Morgan fingerprint density at radius 1 is 1.75 bits per heavy atom. The van der Waals surface area contributed by atoms with Gasteiger partial charge >= 0.3 is 0 Å². The van der Waals surface area contributed by atoms with E-state index in [4.69, 9.17) is 5.73 Å². The van der Waals surface area contributed by atoms with Crippen LogP contribution in [0.5, 0.6) is 0 Å². The fraction of sp³-hybridized carbons (Fsp3) is 0.750. The average Bonchev–Trinajstić information content (AvgIpc) is 1.96. The van der Waals surface area contributed by atoms with Crippen LogP contribution < -0.4 is 5.73 Å². The fourth-order valence-corrected chi connectivity index (χ4v) is 1.46. The number of carbonyl (C=O) groups excluding carboxylic acids is 2. The number of ketones is 1. The minimum absolute atomic E-state index is 0.0538. The van der Waals surface area contributed by atoms with E-state index in [-0.39, 0.29) is 24.2 Å². The molecule has 0 saturated carbocycles. The number of piperidine rings is 1. The molecule has 0 spiro atoms. The van der Waals surface area contributed by atoms with Crippen molar-refractivity contribution in [3.63, 3.8) is 0 Å². The Morgan fingerprint density at radius 3 is 2.92 bits per heavy atom. The van der Waals surface area contributed by atoms with E-state index in [9.17, 15) is 9.59 Å². The molecule has 1 rings (SSSR count). The summed E-state index contributed by atoms with van der Waals surface area (Å²) in [6, 6.07) is 0. The monoisotopic (exact) mass is 170 g/mol. The summed E-state index contributed by atoms with van der Waals surface area (Å²) in [5, 5.41) is 0. The number of hydrogen-bond acceptors (Lipinski definition) is 3. The number of amides is 1. The maximum absolute atomic E-state index is 11.1. The van der Waals surface area contributed by atoms with Crippen LogP contribution in [0.2, 0.25) is 0 Å². The predicted molar refractivity (Wildman–Crippen MR) is 44.4 cm³/mol. The van der Waals surface area contributed by atoms with Crippen molar-refractivity contribution in [3.05, 3.63) is 0 Å². The number of rotatable bonds is 2. The van der Waals surface area contributed by atoms with Crippen LogP contribution in [0.3, 0.4) is 0 Å². The number of nitrogens with two attached hydrogens (primary N) is 1. The zero-order chi connectivity index (χ0) is 9.14. The van der Waals surface area contributed by atoms with Gasteiger partial charge in [0.2, 0.25) is 5.91 Å². The van der Waals surface area contributed by atoms with Gasteiger partial charge in [0.25, 0.3) is 0 Å². The van der Waals surface area contributed by atoms with Crippen LogP contribution in [-0.2, 0) is 9.59 Å². The third-order valence-corrected chi connectivity index (χ3v) is 2.14. The molecule has 0 radical (unpaired) electrons. The van der Waals surface area contributed by atoms with Crippen molar-refractivity contribution in [1.29, 1.82) is 0 Å². The summed E-state index contributed by atoms with van der Waals surface area (Å²) in [6.45, 7) is 3.50. The summed E-state index contributed by atoms with van der Waals surface area (Å²) in [7, 11) is 0. The lowest BCUT2D eigenvalue weighted by Gasteiger charge is -2.28. The molecule has 1 atom stereocenters. The van der Waals surface area contributed by atoms with E-state index >= 15 is 0 Å². The molecule has 0 bridgehead atoms. The summed E-state index contributed by atoms with van der Waals surface area (Å²) in [4.78, 5) is 23.6. The van der Waals surface area contributed by atoms with E-state index in [1.165, 1.54) is 0 Å². The molecule has 1 aliphatic rings. The minimum Gasteiger partial charge on any atom is -0.369 e. The molecule has 1 heterocycles. The quantitative estimate of drug-likeness (QED) is 0.601. The Hall–Kier alpha value is -0.900. The molecule has 1 saturated heterocycles. The Kier molecular flexibility index (Phi) is 2.81. The average molecular weight is 170 g/mol. The molecule has 1 aliphatic heterocycles. The lowest BCUT2D eigenvalue weighted by molar-refractivity contribution is -0.128. The Morgan fingerprint density at radius 2 is 2.42 bits per heavy atom. The molecule has 0 aromatic heterocycles. The zero-order valence-corrected chi connectivity index (χ0v) is 7.25. The van der Waals surface area contributed by atoms with E-state index in [1.54, 1.807) is 0 Å². The second-order valence-electron chi connectivity index (χ2n) is 3.32. The second-order valence-corrected chi connectivity index (χ2v) is 3.32. The van der Waals surface area contributed by atoms with Crippen molar-refractivity contribution in [1.82, 2.24) is 4.90 Å². The maximum atomic E-state index is 11.1. The Labute approximate surface area is 71.7 Å². The molecule has 1 fully saturated rings.